The van der Waals surface area contributed by atoms with Crippen LogP contribution in [0.25, 0.3) is 0 Å². The Morgan fingerprint density at radius 1 is 1.45 bits per heavy atom. The molecule has 0 spiro atoms. The van der Waals surface area contributed by atoms with Gasteiger partial charge in [-0.3, -0.25) is 14.9 Å². The Balaban J connectivity index is 2.31. The minimum Gasteiger partial charge on any atom is -0.379 e. The van der Waals surface area contributed by atoms with Crippen molar-refractivity contribution in [2.75, 3.05) is 13.1 Å². The first-order valence-electron chi connectivity index (χ1n) is 6.07. The number of aliphatic hydroxyl groups is 1. The van der Waals surface area contributed by atoms with E-state index < -0.39 is 46.8 Å². The first-order chi connectivity index (χ1) is 10.0. The average Bonchev–Trinajstić information content (AvgIpc) is 2.81. The number of rotatable bonds is 2. The highest BCUT2D eigenvalue weighted by Gasteiger charge is 2.58. The fourth-order valence-corrected chi connectivity index (χ4v) is 2.38. The van der Waals surface area contributed by atoms with Gasteiger partial charge in [-0.1, -0.05) is 11.6 Å². The molecule has 0 aromatic heterocycles. The summed E-state index contributed by atoms with van der Waals surface area (Å²) in [6, 6.07) is 3.22. The highest BCUT2D eigenvalue weighted by molar-refractivity contribution is 6.31. The Morgan fingerprint density at radius 3 is 2.59 bits per heavy atom. The second kappa shape index (κ2) is 5.40. The minimum absolute atomic E-state index is 0.0410. The lowest BCUT2D eigenvalue weighted by Gasteiger charge is -2.25. The third-order valence-electron chi connectivity index (χ3n) is 3.45. The van der Waals surface area contributed by atoms with Crippen LogP contribution in [0.5, 0.6) is 0 Å². The van der Waals surface area contributed by atoms with E-state index in [0.29, 0.717) is 0 Å². The second-order valence-electron chi connectivity index (χ2n) is 4.92. The lowest BCUT2D eigenvalue weighted by atomic mass is 10.0. The van der Waals surface area contributed by atoms with Gasteiger partial charge in [0, 0.05) is 24.1 Å². The normalized spacial score (nSPS) is 22.0. The van der Waals surface area contributed by atoms with Crippen LogP contribution in [-0.4, -0.2) is 45.7 Å². The number of hydrogen-bond donors (Lipinski definition) is 1. The van der Waals surface area contributed by atoms with E-state index >= 15 is 0 Å². The fraction of sp³-hybridized carbons (Fsp3) is 0.417. The van der Waals surface area contributed by atoms with Crippen LogP contribution < -0.4 is 0 Å². The van der Waals surface area contributed by atoms with Crippen molar-refractivity contribution < 1.29 is 28.0 Å². The standard InChI is InChI=1S/C12H10ClF3N2O4/c13-7-1-2-9(18(21)22)8(5-7)10(19)17-4-3-11(20,6-17)12(14,15)16/h1-2,5,20H,3-4,6H2. The quantitative estimate of drug-likeness (QED) is 0.663. The topological polar surface area (TPSA) is 83.7 Å². The second-order valence-corrected chi connectivity index (χ2v) is 5.36. The molecular formula is C12H10ClF3N2O4. The number of likely N-dealkylation sites (tertiary alicyclic amines) is 1. The number of halogens is 4. The van der Waals surface area contributed by atoms with Crippen molar-refractivity contribution in [2.45, 2.75) is 18.2 Å². The number of hydrogen-bond acceptors (Lipinski definition) is 4. The average molecular weight is 339 g/mol. The monoisotopic (exact) mass is 338 g/mol. The summed E-state index contributed by atoms with van der Waals surface area (Å²) in [5.74, 6) is -0.977. The molecule has 22 heavy (non-hydrogen) atoms. The van der Waals surface area contributed by atoms with E-state index in [9.17, 15) is 33.2 Å². The number of alkyl halides is 3. The van der Waals surface area contributed by atoms with Gasteiger partial charge in [0.25, 0.3) is 11.6 Å². The number of carbonyl (C=O) groups excluding carboxylic acids is 1. The van der Waals surface area contributed by atoms with Crippen molar-refractivity contribution in [3.8, 4) is 0 Å². The van der Waals surface area contributed by atoms with Crippen molar-refractivity contribution in [2.24, 2.45) is 0 Å². The third kappa shape index (κ3) is 2.86. The first kappa shape index (κ1) is 16.5. The zero-order valence-corrected chi connectivity index (χ0v) is 11.7. The van der Waals surface area contributed by atoms with Gasteiger partial charge >= 0.3 is 6.18 Å². The molecule has 1 aliphatic heterocycles. The zero-order chi connectivity index (χ0) is 16.7. The molecule has 1 amide bonds. The molecule has 10 heteroatoms. The van der Waals surface area contributed by atoms with Crippen LogP contribution in [0.1, 0.15) is 16.8 Å². The molecule has 1 aromatic rings. The highest BCUT2D eigenvalue weighted by atomic mass is 35.5. The summed E-state index contributed by atoms with van der Waals surface area (Å²) in [7, 11) is 0. The largest absolute Gasteiger partial charge is 0.419 e. The van der Waals surface area contributed by atoms with Crippen LogP contribution in [0.3, 0.4) is 0 Å². The van der Waals surface area contributed by atoms with E-state index in [1.54, 1.807) is 0 Å². The van der Waals surface area contributed by atoms with Crippen molar-refractivity contribution in [1.82, 2.24) is 4.90 Å². The Labute approximate surface area is 127 Å². The van der Waals surface area contributed by atoms with Crippen LogP contribution in [0.4, 0.5) is 18.9 Å². The molecule has 0 bridgehead atoms. The maximum atomic E-state index is 12.7. The summed E-state index contributed by atoms with van der Waals surface area (Å²) in [5, 5.41) is 20.5. The predicted octanol–water partition coefficient (Wildman–Crippen LogP) is 2.39. The molecule has 1 aromatic carbocycles. The van der Waals surface area contributed by atoms with Crippen LogP contribution in [0.15, 0.2) is 18.2 Å². The summed E-state index contributed by atoms with van der Waals surface area (Å²) in [4.78, 5) is 23.0. The zero-order valence-electron chi connectivity index (χ0n) is 10.9. The van der Waals surface area contributed by atoms with Gasteiger partial charge in [-0.05, 0) is 12.1 Å². The highest BCUT2D eigenvalue weighted by Crippen LogP contribution is 2.38. The lowest BCUT2D eigenvalue weighted by Crippen LogP contribution is -2.48. The van der Waals surface area contributed by atoms with E-state index in [4.69, 9.17) is 11.6 Å². The molecular weight excluding hydrogens is 329 g/mol. The van der Waals surface area contributed by atoms with Crippen LogP contribution in [-0.2, 0) is 0 Å². The Morgan fingerprint density at radius 2 is 2.09 bits per heavy atom. The first-order valence-corrected chi connectivity index (χ1v) is 6.45. The van der Waals surface area contributed by atoms with Crippen molar-refractivity contribution in [3.63, 3.8) is 0 Å². The summed E-state index contributed by atoms with van der Waals surface area (Å²) in [6.45, 7) is -1.34. The van der Waals surface area contributed by atoms with Crippen molar-refractivity contribution in [1.29, 1.82) is 0 Å². The number of carbonyl (C=O) groups is 1. The molecule has 1 heterocycles. The smallest absolute Gasteiger partial charge is 0.379 e. The minimum atomic E-state index is -4.89. The van der Waals surface area contributed by atoms with Crippen LogP contribution in [0.2, 0.25) is 5.02 Å². The van der Waals surface area contributed by atoms with Gasteiger partial charge in [-0.15, -0.1) is 0 Å². The van der Waals surface area contributed by atoms with E-state index in [-0.39, 0.29) is 11.6 Å². The molecule has 0 aliphatic carbocycles. The molecule has 1 unspecified atom stereocenters. The summed E-state index contributed by atoms with van der Waals surface area (Å²) >= 11 is 5.68. The number of nitrogens with zero attached hydrogens (tertiary/aromatic N) is 2. The molecule has 1 aliphatic rings. The van der Waals surface area contributed by atoms with Gasteiger partial charge in [0.1, 0.15) is 5.56 Å². The molecule has 0 saturated carbocycles. The Bertz CT molecular complexity index is 637. The van der Waals surface area contributed by atoms with Crippen molar-refractivity contribution >= 4 is 23.2 Å². The number of nitro groups is 1. The van der Waals surface area contributed by atoms with Crippen LogP contribution >= 0.6 is 11.6 Å². The van der Waals surface area contributed by atoms with E-state index in [1.807, 2.05) is 0 Å². The number of β-amino-alcohol motifs (C(OH)–C–C–N with tert-alkyl or cyclic N) is 1. The molecule has 120 valence electrons. The Hall–Kier alpha value is -1.87. The third-order valence-corrected chi connectivity index (χ3v) is 3.68. The van der Waals surface area contributed by atoms with Gasteiger partial charge < -0.3 is 10.0 Å². The fourth-order valence-electron chi connectivity index (χ4n) is 2.21. The molecule has 1 saturated heterocycles. The van der Waals surface area contributed by atoms with Crippen molar-refractivity contribution in [3.05, 3.63) is 38.9 Å². The van der Waals surface area contributed by atoms with Gasteiger partial charge in [-0.25, -0.2) is 0 Å². The lowest BCUT2D eigenvalue weighted by molar-refractivity contribution is -0.385. The molecule has 2 rings (SSSR count). The predicted molar refractivity (Wildman–Crippen MR) is 69.6 cm³/mol. The van der Waals surface area contributed by atoms with Gasteiger partial charge in [-0.2, -0.15) is 13.2 Å². The molecule has 1 fully saturated rings. The summed E-state index contributed by atoms with van der Waals surface area (Å²) in [5.41, 5.74) is -3.98. The molecule has 1 N–H and O–H groups in total. The summed E-state index contributed by atoms with van der Waals surface area (Å²) < 4.78 is 38.2. The van der Waals surface area contributed by atoms with E-state index in [2.05, 4.69) is 0 Å². The van der Waals surface area contributed by atoms with Gasteiger partial charge in [0.05, 0.1) is 11.5 Å². The maximum Gasteiger partial charge on any atom is 0.419 e. The molecule has 6 nitrogen and oxygen atoms in total. The van der Waals surface area contributed by atoms with E-state index in [1.165, 1.54) is 6.07 Å². The number of amides is 1. The molecule has 1 atom stereocenters. The van der Waals surface area contributed by atoms with Gasteiger partial charge in [0.15, 0.2) is 5.60 Å². The summed E-state index contributed by atoms with van der Waals surface area (Å²) in [6.07, 6.45) is -5.57. The van der Waals surface area contributed by atoms with Crippen LogP contribution in [0, 0.1) is 10.1 Å². The Kier molecular flexibility index (Phi) is 4.05. The van der Waals surface area contributed by atoms with E-state index in [0.717, 1.165) is 17.0 Å². The van der Waals surface area contributed by atoms with Gasteiger partial charge in [0.2, 0.25) is 0 Å². The molecule has 0 radical (unpaired) electrons. The number of nitro benzene ring substituents is 1. The SMILES string of the molecule is O=C(c1cc(Cl)ccc1[N+](=O)[O-])N1CCC(O)(C(F)(F)F)C1. The number of benzene rings is 1. The maximum absolute atomic E-state index is 12.7.